The molecule has 3 heterocycles. The van der Waals surface area contributed by atoms with Gasteiger partial charge in [0.05, 0.1) is 54.0 Å². The molecule has 2 saturated heterocycles. The number of rotatable bonds is 11. The van der Waals surface area contributed by atoms with Crippen molar-refractivity contribution in [2.24, 2.45) is 18.9 Å². The molecule has 4 atom stereocenters. The van der Waals surface area contributed by atoms with Crippen LogP contribution in [0.25, 0.3) is 10.9 Å². The number of aromatic nitrogens is 1. The molecule has 49 heavy (non-hydrogen) atoms. The van der Waals surface area contributed by atoms with Crippen LogP contribution in [-0.2, 0) is 32.5 Å². The van der Waals surface area contributed by atoms with Crippen molar-refractivity contribution in [2.75, 3.05) is 38.7 Å². The average Bonchev–Trinajstić information content (AvgIpc) is 3.77. The fourth-order valence-corrected chi connectivity index (χ4v) is 8.57. The number of anilines is 1. The molecule has 2 aromatic carbocycles. The molecule has 0 unspecified atom stereocenters. The molecule has 6 rings (SSSR count). The number of carbonyl (C=O) groups excluding carboxylic acids is 2. The fourth-order valence-electron chi connectivity index (χ4n) is 8.10. The van der Waals surface area contributed by atoms with Crippen molar-refractivity contribution in [1.82, 2.24) is 14.4 Å². The number of carboxylic acids is 1. The zero-order chi connectivity index (χ0) is 34.8. The highest BCUT2D eigenvalue weighted by Gasteiger charge is 2.43. The van der Waals surface area contributed by atoms with Gasteiger partial charge in [-0.1, -0.05) is 48.3 Å². The van der Waals surface area contributed by atoms with E-state index in [0.29, 0.717) is 84.3 Å². The monoisotopic (exact) mass is 712 g/mol. The van der Waals surface area contributed by atoms with Crippen LogP contribution in [0.4, 0.5) is 5.69 Å². The minimum Gasteiger partial charge on any atom is -0.481 e. The van der Waals surface area contributed by atoms with E-state index in [2.05, 4.69) is 17.1 Å². The summed E-state index contributed by atoms with van der Waals surface area (Å²) in [5, 5.41) is 13.8. The lowest BCUT2D eigenvalue weighted by molar-refractivity contribution is -0.144. The predicted molar refractivity (Wildman–Crippen MR) is 190 cm³/mol. The summed E-state index contributed by atoms with van der Waals surface area (Å²) in [7, 11) is 3.63. The molecule has 3 aromatic rings. The molecule has 0 spiro atoms. The third-order valence-electron chi connectivity index (χ3n) is 10.6. The molecule has 1 saturated carbocycles. The van der Waals surface area contributed by atoms with Gasteiger partial charge in [0.2, 0.25) is 5.91 Å². The Balaban J connectivity index is 1.15. The molecule has 0 radical (unpaired) electrons. The summed E-state index contributed by atoms with van der Waals surface area (Å²) in [5.41, 5.74) is 2.43. The lowest BCUT2D eigenvalue weighted by Gasteiger charge is -2.30. The quantitative estimate of drug-likeness (QED) is 0.241. The second kappa shape index (κ2) is 15.4. The lowest BCUT2D eigenvalue weighted by Crippen LogP contribution is -2.44. The van der Waals surface area contributed by atoms with Gasteiger partial charge in [-0.15, -0.1) is 0 Å². The van der Waals surface area contributed by atoms with E-state index in [4.69, 9.17) is 32.7 Å². The maximum atomic E-state index is 14.1. The number of carbonyl (C=O) groups is 3. The van der Waals surface area contributed by atoms with Crippen LogP contribution in [0, 0.1) is 11.8 Å². The van der Waals surface area contributed by atoms with Gasteiger partial charge < -0.3 is 29.4 Å². The third kappa shape index (κ3) is 7.94. The second-order valence-corrected chi connectivity index (χ2v) is 14.9. The van der Waals surface area contributed by atoms with E-state index in [9.17, 15) is 19.5 Å². The highest BCUT2D eigenvalue weighted by molar-refractivity contribution is 6.36. The minimum atomic E-state index is -0.738. The molecular weight excluding hydrogens is 667 g/mol. The van der Waals surface area contributed by atoms with Crippen molar-refractivity contribution >= 4 is 57.6 Å². The minimum absolute atomic E-state index is 0.00969. The summed E-state index contributed by atoms with van der Waals surface area (Å²) < 4.78 is 13.8. The highest BCUT2D eigenvalue weighted by Crippen LogP contribution is 2.35. The molecule has 3 aliphatic rings. The van der Waals surface area contributed by atoms with Crippen LogP contribution in [0.15, 0.2) is 42.6 Å². The first-order valence-electron chi connectivity index (χ1n) is 17.2. The smallest absolute Gasteiger partial charge is 0.306 e. The topological polar surface area (TPSA) is 113 Å². The Labute approximate surface area is 297 Å². The summed E-state index contributed by atoms with van der Waals surface area (Å²) in [4.78, 5) is 43.2. The number of aryl methyl sites for hydroxylation is 1. The number of nitrogens with one attached hydrogen (secondary N) is 1. The van der Waals surface area contributed by atoms with Crippen LogP contribution >= 0.6 is 23.2 Å². The number of hydrogen-bond donors (Lipinski definition) is 2. The van der Waals surface area contributed by atoms with Crippen molar-refractivity contribution in [3.8, 4) is 0 Å². The number of methoxy groups -OCH3 is 1. The van der Waals surface area contributed by atoms with Gasteiger partial charge in [0.1, 0.15) is 0 Å². The third-order valence-corrected chi connectivity index (χ3v) is 11.3. The molecule has 10 nitrogen and oxygen atoms in total. The van der Waals surface area contributed by atoms with E-state index in [1.165, 1.54) is 0 Å². The maximum Gasteiger partial charge on any atom is 0.306 e. The Morgan fingerprint density at radius 3 is 2.47 bits per heavy atom. The zero-order valence-electron chi connectivity index (χ0n) is 28.4. The first kappa shape index (κ1) is 35.7. The summed E-state index contributed by atoms with van der Waals surface area (Å²) in [6.45, 7) is 4.85. The number of hydrogen-bond acceptors (Lipinski definition) is 6. The summed E-state index contributed by atoms with van der Waals surface area (Å²) >= 11 is 13.4. The molecule has 2 amide bonds. The van der Waals surface area contributed by atoms with Gasteiger partial charge in [-0.2, -0.15) is 0 Å². The number of amides is 2. The number of para-hydroxylation sites is 1. The van der Waals surface area contributed by atoms with Crippen molar-refractivity contribution in [3.63, 3.8) is 0 Å². The Kier molecular flexibility index (Phi) is 11.2. The van der Waals surface area contributed by atoms with Gasteiger partial charge in [-0.3, -0.25) is 19.3 Å². The van der Waals surface area contributed by atoms with Crippen LogP contribution < -0.4 is 5.32 Å². The van der Waals surface area contributed by atoms with Gasteiger partial charge >= 0.3 is 5.97 Å². The number of nitrogens with zero attached hydrogens (tertiary/aromatic N) is 3. The van der Waals surface area contributed by atoms with Gasteiger partial charge in [0.15, 0.2) is 0 Å². The Morgan fingerprint density at radius 1 is 0.980 bits per heavy atom. The number of benzene rings is 2. The van der Waals surface area contributed by atoms with E-state index in [-0.39, 0.29) is 42.3 Å². The van der Waals surface area contributed by atoms with E-state index >= 15 is 0 Å². The summed E-state index contributed by atoms with van der Waals surface area (Å²) in [6.07, 6.45) is 6.31. The number of likely N-dealkylation sites (tertiary alicyclic amines) is 2. The van der Waals surface area contributed by atoms with Gasteiger partial charge in [0.25, 0.3) is 5.91 Å². The number of aliphatic carboxylic acids is 1. The summed E-state index contributed by atoms with van der Waals surface area (Å²) in [6, 6.07) is 11.3. The number of fused-ring (bicyclic) bond motifs is 1. The van der Waals surface area contributed by atoms with E-state index in [0.717, 1.165) is 30.3 Å². The van der Waals surface area contributed by atoms with E-state index in [1.54, 1.807) is 25.4 Å². The lowest BCUT2D eigenvalue weighted by atomic mass is 9.87. The standard InChI is InChI=1S/C37H46Cl2N4O6/c1-22-12-26(20-48-3)42(17-22)25-15-27(21-49-28-10-8-23(9-11-28)37(46)47)43(18-25)35(44)14-24-13-32(39)33(16-31(24)38)40-36(45)30-19-41(2)34-7-5-4-6-29(30)34/h4-7,13,16,19,22-23,25-28H,8-12,14-15,17-18,20-21H2,1-3H3,(H,40,45)(H,46,47)/t22-,23?,25-,26-,27-,28?/m0/s1. The van der Waals surface area contributed by atoms with Crippen molar-refractivity contribution in [1.29, 1.82) is 0 Å². The van der Waals surface area contributed by atoms with Crippen molar-refractivity contribution in [3.05, 3.63) is 63.8 Å². The Bertz CT molecular complexity index is 1690. The first-order valence-corrected chi connectivity index (χ1v) is 18.0. The van der Waals surface area contributed by atoms with Gasteiger partial charge in [-0.05, 0) is 68.2 Å². The van der Waals surface area contributed by atoms with Crippen molar-refractivity contribution in [2.45, 2.75) is 76.1 Å². The van der Waals surface area contributed by atoms with Crippen LogP contribution in [0.2, 0.25) is 10.0 Å². The molecule has 3 fully saturated rings. The molecular formula is C37H46Cl2N4O6. The SMILES string of the molecule is COC[C@@H]1C[C@H](C)CN1[C@H]1C[C@@H](COC2CCC(C(=O)O)CC2)N(C(=O)Cc2cc(Cl)c(NC(=O)c3cn(C)c4ccccc34)cc2Cl)C1. The summed E-state index contributed by atoms with van der Waals surface area (Å²) in [5.74, 6) is -0.864. The maximum absolute atomic E-state index is 14.1. The van der Waals surface area contributed by atoms with E-state index in [1.807, 2.05) is 40.8 Å². The van der Waals surface area contributed by atoms with E-state index < -0.39 is 5.97 Å². The largest absolute Gasteiger partial charge is 0.481 e. The van der Waals surface area contributed by atoms with Gasteiger partial charge in [-0.25, -0.2) is 0 Å². The Morgan fingerprint density at radius 2 is 1.73 bits per heavy atom. The van der Waals surface area contributed by atoms with Crippen LogP contribution in [0.3, 0.4) is 0 Å². The zero-order valence-corrected chi connectivity index (χ0v) is 29.9. The molecule has 12 heteroatoms. The second-order valence-electron chi connectivity index (χ2n) is 14.1. The molecule has 264 valence electrons. The number of ether oxygens (including phenoxy) is 2. The highest BCUT2D eigenvalue weighted by atomic mass is 35.5. The molecule has 1 aliphatic carbocycles. The van der Waals surface area contributed by atoms with Gasteiger partial charge in [0, 0.05) is 61.5 Å². The van der Waals surface area contributed by atoms with Crippen LogP contribution in [-0.4, -0.2) is 94.9 Å². The van der Waals surface area contributed by atoms with Crippen molar-refractivity contribution < 1.29 is 29.0 Å². The number of carboxylic acid groups (broad SMARTS) is 1. The van der Waals surface area contributed by atoms with Crippen LogP contribution in [0.1, 0.15) is 61.4 Å². The predicted octanol–water partition coefficient (Wildman–Crippen LogP) is 6.27. The Hall–Kier alpha value is -3.15. The molecule has 1 aromatic heterocycles. The molecule has 2 N–H and O–H groups in total. The molecule has 0 bridgehead atoms. The average molecular weight is 714 g/mol. The fraction of sp³-hybridized carbons (Fsp3) is 0.541. The normalized spacial score (nSPS) is 26.0. The molecule has 2 aliphatic heterocycles. The first-order chi connectivity index (χ1) is 23.5. The van der Waals surface area contributed by atoms with Crippen LogP contribution in [0.5, 0.6) is 0 Å². The number of halogens is 2.